The van der Waals surface area contributed by atoms with Crippen LogP contribution in [0, 0.1) is 6.26 Å². The van der Waals surface area contributed by atoms with Gasteiger partial charge in [-0.1, -0.05) is 6.08 Å². The molecule has 0 aromatic carbocycles. The zero-order chi connectivity index (χ0) is 4.12. The van der Waals surface area contributed by atoms with Gasteiger partial charge in [0.25, 0.3) is 0 Å². The maximum Gasteiger partial charge on any atom is 1.00 e. The summed E-state index contributed by atoms with van der Waals surface area (Å²) in [6.07, 6.45) is 5.35. The average Bonchev–Trinajstić information content (AvgIpc) is 1.41. The molecule has 2 heteroatoms. The summed E-state index contributed by atoms with van der Waals surface area (Å²) in [5, 5.41) is 0. The molecule has 0 saturated heterocycles. The van der Waals surface area contributed by atoms with Gasteiger partial charge in [0.1, 0.15) is 0 Å². The predicted molar refractivity (Wildman–Crippen MR) is 28.0 cm³/mol. The summed E-state index contributed by atoms with van der Waals surface area (Å²) in [4.78, 5) is 0. The number of rotatable bonds is 2. The molecule has 0 fully saturated rings. The van der Waals surface area contributed by atoms with Crippen LogP contribution in [0.4, 0.5) is 0 Å². The monoisotopic (exact) mass is 94.0 g/mol. The zero-order valence-electron chi connectivity index (χ0n) is 4.11. The first-order chi connectivity index (χ1) is 2.41. The Balaban J connectivity index is 0. The molecule has 30 valence electrons. The number of thioether (sulfide) groups is 1. The standard InChI is InChI=1S/C4H7S.Li/c1-3-4-5-2;/h3H,1-2,4H2;/q-1;+1. The van der Waals surface area contributed by atoms with Gasteiger partial charge in [-0.25, -0.2) is 0 Å². The SMILES string of the molecule is C=CCS[CH2-].[Li+]. The molecule has 0 radical (unpaired) electrons. The third kappa shape index (κ3) is 8.82. The molecule has 0 aliphatic carbocycles. The molecule has 0 N–H and O–H groups in total. The number of hydrogen-bond donors (Lipinski definition) is 0. The fourth-order valence-corrected chi connectivity index (χ4v) is 0.250. The van der Waals surface area contributed by atoms with E-state index in [0.29, 0.717) is 0 Å². The van der Waals surface area contributed by atoms with Gasteiger partial charge in [0.15, 0.2) is 0 Å². The summed E-state index contributed by atoms with van der Waals surface area (Å²) in [6.45, 7) is 3.49. The Bertz CT molecular complexity index is 28.7. The summed E-state index contributed by atoms with van der Waals surface area (Å²) in [5.41, 5.74) is 0. The first-order valence-corrected chi connectivity index (χ1v) is 2.55. The summed E-state index contributed by atoms with van der Waals surface area (Å²) in [6, 6.07) is 0. The van der Waals surface area contributed by atoms with Crippen molar-refractivity contribution in [3.05, 3.63) is 18.9 Å². The Labute approximate surface area is 55.6 Å². The zero-order valence-corrected chi connectivity index (χ0v) is 4.92. The molecular formula is C4H7LiS. The van der Waals surface area contributed by atoms with E-state index in [4.69, 9.17) is 0 Å². The third-order valence-corrected chi connectivity index (χ3v) is 0.707. The molecule has 0 atom stereocenters. The van der Waals surface area contributed by atoms with E-state index in [2.05, 4.69) is 12.8 Å². The van der Waals surface area contributed by atoms with Crippen molar-refractivity contribution in [3.8, 4) is 0 Å². The molecule has 0 bridgehead atoms. The van der Waals surface area contributed by atoms with Crippen molar-refractivity contribution >= 4 is 11.8 Å². The minimum atomic E-state index is 0. The molecule has 0 rings (SSSR count). The van der Waals surface area contributed by atoms with Crippen molar-refractivity contribution in [1.82, 2.24) is 0 Å². The van der Waals surface area contributed by atoms with E-state index in [1.807, 2.05) is 6.08 Å². The first kappa shape index (κ1) is 9.85. The molecule has 6 heavy (non-hydrogen) atoms. The molecule has 0 unspecified atom stereocenters. The van der Waals surface area contributed by atoms with Crippen LogP contribution in [0.15, 0.2) is 12.7 Å². The van der Waals surface area contributed by atoms with Crippen molar-refractivity contribution in [2.75, 3.05) is 5.75 Å². The number of hydrogen-bond acceptors (Lipinski definition) is 1. The van der Waals surface area contributed by atoms with Crippen molar-refractivity contribution in [2.45, 2.75) is 0 Å². The molecule has 0 aliphatic heterocycles. The predicted octanol–water partition coefficient (Wildman–Crippen LogP) is -1.30. The molecule has 0 nitrogen and oxygen atoms in total. The van der Waals surface area contributed by atoms with E-state index in [9.17, 15) is 0 Å². The van der Waals surface area contributed by atoms with Crippen LogP contribution in [0.2, 0.25) is 0 Å². The Morgan fingerprint density at radius 1 is 1.83 bits per heavy atom. The Hall–Kier alpha value is 0.687. The Morgan fingerprint density at radius 3 is 2.33 bits per heavy atom. The Morgan fingerprint density at radius 2 is 2.33 bits per heavy atom. The van der Waals surface area contributed by atoms with E-state index >= 15 is 0 Å². The second-order valence-corrected chi connectivity index (χ2v) is 1.40. The van der Waals surface area contributed by atoms with Gasteiger partial charge in [-0.15, -0.1) is 6.58 Å². The van der Waals surface area contributed by atoms with Crippen LogP contribution < -0.4 is 18.9 Å². The van der Waals surface area contributed by atoms with Gasteiger partial charge < -0.3 is 11.8 Å². The molecule has 0 amide bonds. The largest absolute Gasteiger partial charge is 1.00 e. The van der Waals surface area contributed by atoms with Crippen molar-refractivity contribution in [1.29, 1.82) is 0 Å². The van der Waals surface area contributed by atoms with Crippen molar-refractivity contribution < 1.29 is 18.9 Å². The van der Waals surface area contributed by atoms with Gasteiger partial charge in [0.2, 0.25) is 0 Å². The molecule has 0 heterocycles. The Kier molecular flexibility index (Phi) is 15.1. The maximum absolute atomic E-state index is 3.52. The summed E-state index contributed by atoms with van der Waals surface area (Å²) in [7, 11) is 0. The fourth-order valence-electron chi connectivity index (χ4n) is 0.0833. The van der Waals surface area contributed by atoms with E-state index in [1.165, 1.54) is 11.8 Å². The van der Waals surface area contributed by atoms with E-state index in [-0.39, 0.29) is 18.9 Å². The third-order valence-electron chi connectivity index (χ3n) is 0.236. The summed E-state index contributed by atoms with van der Waals surface area (Å²) < 4.78 is 0. The minimum absolute atomic E-state index is 0. The molecular weight excluding hydrogens is 87.1 g/mol. The topological polar surface area (TPSA) is 0 Å². The maximum atomic E-state index is 3.52. The smallest absolute Gasteiger partial charge is 0.350 e. The van der Waals surface area contributed by atoms with Gasteiger partial charge in [0, 0.05) is 0 Å². The van der Waals surface area contributed by atoms with Crippen LogP contribution in [-0.2, 0) is 0 Å². The van der Waals surface area contributed by atoms with Crippen LogP contribution in [-0.4, -0.2) is 5.75 Å². The van der Waals surface area contributed by atoms with Crippen LogP contribution in [0.25, 0.3) is 0 Å². The normalized spacial score (nSPS) is 6.17. The van der Waals surface area contributed by atoms with Gasteiger partial charge in [-0.2, -0.15) is 0 Å². The average molecular weight is 94.1 g/mol. The van der Waals surface area contributed by atoms with E-state index in [1.54, 1.807) is 0 Å². The van der Waals surface area contributed by atoms with Gasteiger partial charge in [-0.05, 0) is 5.75 Å². The van der Waals surface area contributed by atoms with E-state index < -0.39 is 0 Å². The van der Waals surface area contributed by atoms with E-state index in [0.717, 1.165) is 5.75 Å². The first-order valence-electron chi connectivity index (χ1n) is 1.39. The second kappa shape index (κ2) is 9.19. The van der Waals surface area contributed by atoms with Crippen LogP contribution >= 0.6 is 11.8 Å². The van der Waals surface area contributed by atoms with Crippen LogP contribution in [0.1, 0.15) is 0 Å². The van der Waals surface area contributed by atoms with Crippen molar-refractivity contribution in [3.63, 3.8) is 0 Å². The van der Waals surface area contributed by atoms with Crippen LogP contribution in [0.3, 0.4) is 0 Å². The molecule has 0 spiro atoms. The quantitative estimate of drug-likeness (QED) is 0.233. The van der Waals surface area contributed by atoms with Gasteiger partial charge in [-0.3, -0.25) is 6.26 Å². The second-order valence-electron chi connectivity index (χ2n) is 0.659. The van der Waals surface area contributed by atoms with Gasteiger partial charge in [0.05, 0.1) is 0 Å². The molecule has 0 aromatic heterocycles. The van der Waals surface area contributed by atoms with Gasteiger partial charge >= 0.3 is 18.9 Å². The molecule has 0 saturated carbocycles. The molecule has 0 aliphatic rings. The van der Waals surface area contributed by atoms with Crippen LogP contribution in [0.5, 0.6) is 0 Å². The fraction of sp³-hybridized carbons (Fsp3) is 0.250. The minimum Gasteiger partial charge on any atom is -0.350 e. The molecule has 0 aromatic rings. The van der Waals surface area contributed by atoms with Crippen molar-refractivity contribution in [2.24, 2.45) is 0 Å². The summed E-state index contributed by atoms with van der Waals surface area (Å²) in [5.74, 6) is 0.958. The summed E-state index contributed by atoms with van der Waals surface area (Å²) >= 11 is 1.53.